The van der Waals surface area contributed by atoms with Gasteiger partial charge in [-0.1, -0.05) is 17.3 Å². The van der Waals surface area contributed by atoms with Gasteiger partial charge in [-0.3, -0.25) is 5.10 Å². The number of anilines is 1. The Morgan fingerprint density at radius 1 is 1.10 bits per heavy atom. The Hall–Kier alpha value is -3.26. The number of nitrogens with one attached hydrogen (secondary N) is 4. The summed E-state index contributed by atoms with van der Waals surface area (Å²) in [7, 11) is 0. The molecule has 152 valence electrons. The van der Waals surface area contributed by atoms with Crippen LogP contribution in [0.4, 0.5) is 5.95 Å². The number of aromatic amines is 2. The summed E-state index contributed by atoms with van der Waals surface area (Å²) in [5.74, 6) is 0.727. The maximum Gasteiger partial charge on any atom is 0.223 e. The molecule has 3 aromatic heterocycles. The van der Waals surface area contributed by atoms with Crippen molar-refractivity contribution in [2.45, 2.75) is 38.1 Å². The monoisotopic (exact) mass is 400 g/mol. The molecular weight excluding hydrogens is 376 g/mol. The van der Waals surface area contributed by atoms with Gasteiger partial charge in [0.1, 0.15) is 0 Å². The van der Waals surface area contributed by atoms with Gasteiger partial charge in [-0.25, -0.2) is 9.97 Å². The smallest absolute Gasteiger partial charge is 0.223 e. The van der Waals surface area contributed by atoms with Crippen molar-refractivity contribution < 1.29 is 0 Å². The highest BCUT2D eigenvalue weighted by Crippen LogP contribution is 2.38. The van der Waals surface area contributed by atoms with Gasteiger partial charge in [-0.2, -0.15) is 0 Å². The standard InChI is InChI=1S/C22H24N8/c1-3-14-10-24-22(26-15-4-2-8-23-11-15)28-21(14)20-16-7-6-13(19-12-25-30-29-19)9-18(16)27-17(20)5-1/h6-7,9-10,12,15,23,27H,1-5,8,11H2,(H,24,26,28)(H,25,29,30)/t15-/m0/s1. The molecule has 1 fully saturated rings. The summed E-state index contributed by atoms with van der Waals surface area (Å²) in [5.41, 5.74) is 7.86. The second kappa shape index (κ2) is 7.21. The van der Waals surface area contributed by atoms with Crippen LogP contribution in [0.2, 0.25) is 0 Å². The zero-order valence-corrected chi connectivity index (χ0v) is 16.7. The third-order valence-corrected chi connectivity index (χ3v) is 6.21. The zero-order valence-electron chi connectivity index (χ0n) is 16.7. The molecular formula is C22H24N8. The average molecular weight is 400 g/mol. The summed E-state index contributed by atoms with van der Waals surface area (Å²) in [6.07, 6.45) is 9.20. The fourth-order valence-corrected chi connectivity index (χ4v) is 4.71. The summed E-state index contributed by atoms with van der Waals surface area (Å²) in [5, 5.41) is 18.9. The number of piperidine rings is 1. The average Bonchev–Trinajstić information content (AvgIpc) is 3.39. The fraction of sp³-hybridized carbons (Fsp3) is 0.364. The molecule has 4 aromatic rings. The molecule has 6 rings (SSSR count). The van der Waals surface area contributed by atoms with E-state index in [1.165, 1.54) is 28.6 Å². The summed E-state index contributed by atoms with van der Waals surface area (Å²) >= 11 is 0. The lowest BCUT2D eigenvalue weighted by Crippen LogP contribution is -2.38. The molecule has 0 saturated carbocycles. The Kier molecular flexibility index (Phi) is 4.23. The van der Waals surface area contributed by atoms with Gasteiger partial charge in [0.25, 0.3) is 0 Å². The van der Waals surface area contributed by atoms with Gasteiger partial charge in [-0.05, 0) is 50.3 Å². The molecule has 0 spiro atoms. The molecule has 1 aromatic carbocycles. The zero-order chi connectivity index (χ0) is 19.9. The van der Waals surface area contributed by atoms with Crippen LogP contribution in [0.25, 0.3) is 33.4 Å². The lowest BCUT2D eigenvalue weighted by Gasteiger charge is -2.24. The van der Waals surface area contributed by atoms with Gasteiger partial charge < -0.3 is 15.6 Å². The van der Waals surface area contributed by atoms with E-state index >= 15 is 0 Å². The van der Waals surface area contributed by atoms with Gasteiger partial charge in [0.05, 0.1) is 17.6 Å². The Balaban J connectivity index is 1.43. The molecule has 0 radical (unpaired) electrons. The first-order chi connectivity index (χ1) is 14.8. The molecule has 2 aliphatic rings. The number of hydrogen-bond donors (Lipinski definition) is 4. The quantitative estimate of drug-likeness (QED) is 0.421. The molecule has 0 bridgehead atoms. The number of hydrogen-bond acceptors (Lipinski definition) is 6. The fourth-order valence-electron chi connectivity index (χ4n) is 4.71. The lowest BCUT2D eigenvalue weighted by atomic mass is 10.0. The predicted molar refractivity (Wildman–Crippen MR) is 116 cm³/mol. The van der Waals surface area contributed by atoms with Crippen LogP contribution in [0.3, 0.4) is 0 Å². The minimum Gasteiger partial charge on any atom is -0.358 e. The molecule has 8 heteroatoms. The van der Waals surface area contributed by atoms with Crippen molar-refractivity contribution in [3.8, 4) is 22.5 Å². The molecule has 4 N–H and O–H groups in total. The van der Waals surface area contributed by atoms with E-state index in [0.29, 0.717) is 6.04 Å². The van der Waals surface area contributed by atoms with E-state index in [1.54, 1.807) is 6.20 Å². The van der Waals surface area contributed by atoms with Crippen LogP contribution in [0.1, 0.15) is 30.5 Å². The summed E-state index contributed by atoms with van der Waals surface area (Å²) in [6.45, 7) is 2.06. The van der Waals surface area contributed by atoms with Crippen molar-refractivity contribution in [2.75, 3.05) is 18.4 Å². The SMILES string of the molecule is c1cc2c3c([nH]c2cc1-c1cnn[nH]1)CCCc1cnc(N[C@H]2CCCNC2)nc1-3. The van der Waals surface area contributed by atoms with Crippen molar-refractivity contribution >= 4 is 16.9 Å². The predicted octanol–water partition coefficient (Wildman–Crippen LogP) is 3.06. The number of nitrogens with zero attached hydrogens (tertiary/aromatic N) is 4. The topological polar surface area (TPSA) is 107 Å². The number of rotatable bonds is 3. The lowest BCUT2D eigenvalue weighted by molar-refractivity contribution is 0.478. The van der Waals surface area contributed by atoms with Crippen molar-refractivity contribution in [3.63, 3.8) is 0 Å². The van der Waals surface area contributed by atoms with Gasteiger partial charge >= 0.3 is 0 Å². The minimum atomic E-state index is 0.385. The molecule has 1 aliphatic carbocycles. The maximum absolute atomic E-state index is 5.01. The van der Waals surface area contributed by atoms with Crippen molar-refractivity contribution in [1.82, 2.24) is 35.7 Å². The molecule has 4 heterocycles. The second-order valence-electron chi connectivity index (χ2n) is 8.22. The summed E-state index contributed by atoms with van der Waals surface area (Å²) in [4.78, 5) is 13.3. The van der Waals surface area contributed by atoms with E-state index in [1.807, 2.05) is 6.20 Å². The summed E-state index contributed by atoms with van der Waals surface area (Å²) in [6, 6.07) is 6.84. The summed E-state index contributed by atoms with van der Waals surface area (Å²) < 4.78 is 0. The van der Waals surface area contributed by atoms with Gasteiger partial charge in [-0.15, -0.1) is 5.10 Å². The van der Waals surface area contributed by atoms with Crippen LogP contribution < -0.4 is 10.6 Å². The molecule has 30 heavy (non-hydrogen) atoms. The number of fused-ring (bicyclic) bond motifs is 5. The number of benzene rings is 1. The Morgan fingerprint density at radius 3 is 2.97 bits per heavy atom. The van der Waals surface area contributed by atoms with Gasteiger partial charge in [0.15, 0.2) is 0 Å². The number of H-pyrrole nitrogens is 2. The van der Waals surface area contributed by atoms with Gasteiger partial charge in [0, 0.05) is 46.5 Å². The Labute approximate surface area is 173 Å². The van der Waals surface area contributed by atoms with E-state index in [4.69, 9.17) is 4.98 Å². The number of aromatic nitrogens is 6. The highest BCUT2D eigenvalue weighted by molar-refractivity contribution is 5.99. The van der Waals surface area contributed by atoms with E-state index in [2.05, 4.69) is 54.2 Å². The van der Waals surface area contributed by atoms with Gasteiger partial charge in [0.2, 0.25) is 5.95 Å². The van der Waals surface area contributed by atoms with Crippen LogP contribution in [0.15, 0.2) is 30.6 Å². The van der Waals surface area contributed by atoms with Crippen molar-refractivity contribution in [1.29, 1.82) is 0 Å². The third kappa shape index (κ3) is 3.04. The molecule has 0 unspecified atom stereocenters. The van der Waals surface area contributed by atoms with E-state index in [0.717, 1.165) is 67.2 Å². The van der Waals surface area contributed by atoms with E-state index < -0.39 is 0 Å². The van der Waals surface area contributed by atoms with Crippen LogP contribution >= 0.6 is 0 Å². The van der Waals surface area contributed by atoms with Crippen LogP contribution in [0.5, 0.6) is 0 Å². The van der Waals surface area contributed by atoms with E-state index in [9.17, 15) is 0 Å². The van der Waals surface area contributed by atoms with Crippen LogP contribution in [-0.4, -0.2) is 49.5 Å². The number of aryl methyl sites for hydroxylation is 2. The first-order valence-corrected chi connectivity index (χ1v) is 10.7. The normalized spacial score (nSPS) is 18.6. The van der Waals surface area contributed by atoms with E-state index in [-0.39, 0.29) is 0 Å². The third-order valence-electron chi connectivity index (χ3n) is 6.21. The Bertz CT molecular complexity index is 1190. The minimum absolute atomic E-state index is 0.385. The Morgan fingerprint density at radius 2 is 2.10 bits per heavy atom. The molecule has 1 atom stereocenters. The molecule has 1 saturated heterocycles. The molecule has 0 amide bonds. The first kappa shape index (κ1) is 17.6. The largest absolute Gasteiger partial charge is 0.358 e. The highest BCUT2D eigenvalue weighted by Gasteiger charge is 2.23. The molecule has 1 aliphatic heterocycles. The molecule has 8 nitrogen and oxygen atoms in total. The maximum atomic E-state index is 5.01. The second-order valence-corrected chi connectivity index (χ2v) is 8.22. The van der Waals surface area contributed by atoms with Crippen molar-refractivity contribution in [2.24, 2.45) is 0 Å². The van der Waals surface area contributed by atoms with Crippen LogP contribution in [0, 0.1) is 0 Å². The highest BCUT2D eigenvalue weighted by atomic mass is 15.3. The van der Waals surface area contributed by atoms with Crippen molar-refractivity contribution in [3.05, 3.63) is 41.9 Å². The van der Waals surface area contributed by atoms with Crippen LogP contribution in [-0.2, 0) is 12.8 Å². The first-order valence-electron chi connectivity index (χ1n) is 10.7.